The van der Waals surface area contributed by atoms with Crippen molar-refractivity contribution in [3.63, 3.8) is 0 Å². The molecule has 1 heterocycles. The third-order valence-corrected chi connectivity index (χ3v) is 4.87. The number of nitrogens with one attached hydrogen (secondary N) is 1. The number of benzene rings is 1. The molecule has 0 spiro atoms. The summed E-state index contributed by atoms with van der Waals surface area (Å²) in [6, 6.07) is 0.699. The standard InChI is InChI=1S/C20H30N4O5/c1-10(2)24(11(3)4)9-8-12-22-15-13(20(26)23-12)14(19(21)25)16(27-5)18(29-7)17(15)28-6/h10-11H,8-9H2,1-7H3,(H2,21,25)(H,22,23,26). The van der Waals surface area contributed by atoms with Gasteiger partial charge < -0.3 is 24.9 Å². The summed E-state index contributed by atoms with van der Waals surface area (Å²) < 4.78 is 16.1. The van der Waals surface area contributed by atoms with E-state index in [0.29, 0.717) is 30.9 Å². The number of rotatable bonds is 9. The van der Waals surface area contributed by atoms with Crippen LogP contribution in [0.3, 0.4) is 0 Å². The molecule has 2 rings (SSSR count). The molecule has 0 aliphatic carbocycles. The molecule has 0 saturated heterocycles. The average molecular weight is 406 g/mol. The number of hydrogen-bond acceptors (Lipinski definition) is 7. The molecule has 0 fully saturated rings. The summed E-state index contributed by atoms with van der Waals surface area (Å²) in [5.74, 6) is 0.0659. The van der Waals surface area contributed by atoms with E-state index in [2.05, 4.69) is 42.6 Å². The van der Waals surface area contributed by atoms with E-state index in [9.17, 15) is 9.59 Å². The van der Waals surface area contributed by atoms with Crippen LogP contribution in [-0.4, -0.2) is 60.7 Å². The van der Waals surface area contributed by atoms with Crippen molar-refractivity contribution in [3.8, 4) is 17.2 Å². The van der Waals surface area contributed by atoms with E-state index in [0.717, 1.165) is 0 Å². The van der Waals surface area contributed by atoms with Gasteiger partial charge in [0.2, 0.25) is 5.75 Å². The molecule has 0 aliphatic heterocycles. The van der Waals surface area contributed by atoms with Gasteiger partial charge in [-0.05, 0) is 27.7 Å². The molecule has 0 bridgehead atoms. The number of primary amides is 1. The molecule has 0 aliphatic rings. The number of amides is 1. The fourth-order valence-electron chi connectivity index (χ4n) is 3.62. The Hall–Kier alpha value is -2.81. The molecule has 29 heavy (non-hydrogen) atoms. The number of aromatic nitrogens is 2. The van der Waals surface area contributed by atoms with Crippen LogP contribution in [-0.2, 0) is 6.42 Å². The minimum Gasteiger partial charge on any atom is -0.492 e. The molecule has 3 N–H and O–H groups in total. The van der Waals surface area contributed by atoms with Gasteiger partial charge >= 0.3 is 0 Å². The lowest BCUT2D eigenvalue weighted by Gasteiger charge is -2.30. The zero-order chi connectivity index (χ0) is 21.9. The van der Waals surface area contributed by atoms with E-state index in [1.165, 1.54) is 21.3 Å². The van der Waals surface area contributed by atoms with Crippen LogP contribution in [0.1, 0.15) is 43.9 Å². The number of carbonyl (C=O) groups excluding carboxylic acids is 1. The number of carbonyl (C=O) groups is 1. The summed E-state index contributed by atoms with van der Waals surface area (Å²) in [5, 5.41) is 0.0142. The number of ether oxygens (including phenoxy) is 3. The highest BCUT2D eigenvalue weighted by Gasteiger charge is 2.28. The van der Waals surface area contributed by atoms with E-state index in [4.69, 9.17) is 19.9 Å². The van der Waals surface area contributed by atoms with E-state index in [1.807, 2.05) is 0 Å². The van der Waals surface area contributed by atoms with Crippen LogP contribution < -0.4 is 25.5 Å². The first kappa shape index (κ1) is 22.5. The summed E-state index contributed by atoms with van der Waals surface area (Å²) in [7, 11) is 4.20. The average Bonchev–Trinajstić information content (AvgIpc) is 2.65. The summed E-state index contributed by atoms with van der Waals surface area (Å²) in [5.41, 5.74) is 5.17. The molecular weight excluding hydrogens is 376 g/mol. The van der Waals surface area contributed by atoms with Crippen LogP contribution in [0.5, 0.6) is 17.2 Å². The Morgan fingerprint density at radius 1 is 1.03 bits per heavy atom. The quantitative estimate of drug-likeness (QED) is 0.650. The van der Waals surface area contributed by atoms with Gasteiger partial charge in [0.15, 0.2) is 11.5 Å². The summed E-state index contributed by atoms with van der Waals surface area (Å²) >= 11 is 0. The normalized spacial score (nSPS) is 11.5. The number of H-pyrrole nitrogens is 1. The molecule has 1 aromatic heterocycles. The molecule has 1 aromatic carbocycles. The molecule has 9 heteroatoms. The van der Waals surface area contributed by atoms with Crippen molar-refractivity contribution >= 4 is 16.8 Å². The second-order valence-electron chi connectivity index (χ2n) is 7.25. The van der Waals surface area contributed by atoms with Gasteiger partial charge in [0.25, 0.3) is 11.5 Å². The van der Waals surface area contributed by atoms with Crippen molar-refractivity contribution in [1.82, 2.24) is 14.9 Å². The van der Waals surface area contributed by atoms with E-state index < -0.39 is 11.5 Å². The predicted molar refractivity (Wildman–Crippen MR) is 111 cm³/mol. The van der Waals surface area contributed by atoms with Crippen LogP contribution >= 0.6 is 0 Å². The first-order valence-corrected chi connectivity index (χ1v) is 9.48. The lowest BCUT2D eigenvalue weighted by molar-refractivity contribution is 0.0998. The monoisotopic (exact) mass is 406 g/mol. The first-order chi connectivity index (χ1) is 13.7. The van der Waals surface area contributed by atoms with Crippen molar-refractivity contribution in [2.75, 3.05) is 27.9 Å². The van der Waals surface area contributed by atoms with Gasteiger partial charge in [0.1, 0.15) is 16.9 Å². The Balaban J connectivity index is 2.71. The van der Waals surface area contributed by atoms with Crippen LogP contribution in [0, 0.1) is 0 Å². The maximum absolute atomic E-state index is 12.9. The van der Waals surface area contributed by atoms with Crippen LogP contribution in [0.15, 0.2) is 4.79 Å². The maximum atomic E-state index is 12.9. The van der Waals surface area contributed by atoms with Gasteiger partial charge in [-0.15, -0.1) is 0 Å². The molecular formula is C20H30N4O5. The molecule has 0 atom stereocenters. The van der Waals surface area contributed by atoms with Crippen molar-refractivity contribution in [3.05, 3.63) is 21.7 Å². The van der Waals surface area contributed by atoms with Gasteiger partial charge in [-0.25, -0.2) is 4.98 Å². The highest BCUT2D eigenvalue weighted by molar-refractivity contribution is 6.10. The molecule has 1 amide bonds. The van der Waals surface area contributed by atoms with Crippen molar-refractivity contribution in [2.45, 2.75) is 46.2 Å². The van der Waals surface area contributed by atoms with Gasteiger partial charge in [-0.3, -0.25) is 14.5 Å². The zero-order valence-electron chi connectivity index (χ0n) is 18.1. The van der Waals surface area contributed by atoms with Crippen molar-refractivity contribution < 1.29 is 19.0 Å². The van der Waals surface area contributed by atoms with E-state index in [1.54, 1.807) is 0 Å². The predicted octanol–water partition coefficient (Wildman–Crippen LogP) is 1.71. The number of fused-ring (bicyclic) bond motifs is 1. The number of methoxy groups -OCH3 is 3. The van der Waals surface area contributed by atoms with Crippen molar-refractivity contribution in [2.24, 2.45) is 5.73 Å². The Bertz CT molecular complexity index is 944. The molecule has 160 valence electrons. The van der Waals surface area contributed by atoms with Gasteiger partial charge in [0.05, 0.1) is 26.7 Å². The molecule has 0 radical (unpaired) electrons. The molecule has 0 unspecified atom stereocenters. The lowest BCUT2D eigenvalue weighted by Crippen LogP contribution is -2.38. The molecule has 0 saturated carbocycles. The Morgan fingerprint density at radius 3 is 2.03 bits per heavy atom. The number of aromatic amines is 1. The number of hydrogen-bond donors (Lipinski definition) is 2. The number of nitrogens with two attached hydrogens (primary N) is 1. The fourth-order valence-corrected chi connectivity index (χ4v) is 3.62. The Kier molecular flexibility index (Phi) is 7.07. The van der Waals surface area contributed by atoms with Crippen LogP contribution in [0.25, 0.3) is 10.9 Å². The third-order valence-electron chi connectivity index (χ3n) is 4.87. The largest absolute Gasteiger partial charge is 0.492 e. The van der Waals surface area contributed by atoms with Crippen LogP contribution in [0.4, 0.5) is 0 Å². The lowest BCUT2D eigenvalue weighted by atomic mass is 10.1. The first-order valence-electron chi connectivity index (χ1n) is 9.48. The Morgan fingerprint density at radius 2 is 1.59 bits per heavy atom. The smallest absolute Gasteiger partial charge is 0.259 e. The summed E-state index contributed by atoms with van der Waals surface area (Å²) in [6.45, 7) is 9.19. The minimum atomic E-state index is -0.821. The van der Waals surface area contributed by atoms with Crippen LogP contribution in [0.2, 0.25) is 0 Å². The van der Waals surface area contributed by atoms with Gasteiger partial charge in [-0.2, -0.15) is 0 Å². The summed E-state index contributed by atoms with van der Waals surface area (Å²) in [4.78, 5) is 34.7. The second kappa shape index (κ2) is 9.13. The second-order valence-corrected chi connectivity index (χ2v) is 7.25. The maximum Gasteiger partial charge on any atom is 0.259 e. The molecule has 9 nitrogen and oxygen atoms in total. The SMILES string of the molecule is COc1c(OC)c(C(N)=O)c2c(=O)[nH]c(CCN(C(C)C)C(C)C)nc2c1OC. The van der Waals surface area contributed by atoms with E-state index >= 15 is 0 Å². The highest BCUT2D eigenvalue weighted by Crippen LogP contribution is 2.44. The van der Waals surface area contributed by atoms with Crippen molar-refractivity contribution in [1.29, 1.82) is 0 Å². The van der Waals surface area contributed by atoms with E-state index in [-0.39, 0.29) is 33.7 Å². The number of nitrogens with zero attached hydrogens (tertiary/aromatic N) is 2. The van der Waals surface area contributed by atoms with Gasteiger partial charge in [0, 0.05) is 25.0 Å². The summed E-state index contributed by atoms with van der Waals surface area (Å²) in [6.07, 6.45) is 0.519. The zero-order valence-corrected chi connectivity index (χ0v) is 18.1. The van der Waals surface area contributed by atoms with Gasteiger partial charge in [-0.1, -0.05) is 0 Å². The Labute approximate surface area is 170 Å². The minimum absolute atomic E-state index is 0.0142. The highest BCUT2D eigenvalue weighted by atomic mass is 16.5. The molecule has 2 aromatic rings. The fraction of sp³-hybridized carbons (Fsp3) is 0.550. The third kappa shape index (κ3) is 4.29. The topological polar surface area (TPSA) is 120 Å².